The molecule has 0 bridgehead atoms. The zero-order valence-electron chi connectivity index (χ0n) is 12.1. The van der Waals surface area contributed by atoms with E-state index in [1.54, 1.807) is 7.11 Å². The van der Waals surface area contributed by atoms with Gasteiger partial charge in [-0.15, -0.1) is 0 Å². The first-order valence-electron chi connectivity index (χ1n) is 6.79. The van der Waals surface area contributed by atoms with Gasteiger partial charge in [0, 0.05) is 13.7 Å². The summed E-state index contributed by atoms with van der Waals surface area (Å²) in [6.07, 6.45) is 0.752. The molecule has 0 saturated heterocycles. The third-order valence-electron chi connectivity index (χ3n) is 2.23. The Hall–Kier alpha value is -0.240. The lowest BCUT2D eigenvalue weighted by Gasteiger charge is -2.14. The highest BCUT2D eigenvalue weighted by atomic mass is 16.6. The molecule has 0 aromatic carbocycles. The predicted molar refractivity (Wildman–Crippen MR) is 71.4 cm³/mol. The largest absolute Gasteiger partial charge is 0.394 e. The van der Waals surface area contributed by atoms with Crippen molar-refractivity contribution in [3.05, 3.63) is 0 Å². The number of hydrogen-bond donors (Lipinski definition) is 1. The van der Waals surface area contributed by atoms with Crippen LogP contribution in [0.5, 0.6) is 0 Å². The van der Waals surface area contributed by atoms with Gasteiger partial charge in [0.2, 0.25) is 0 Å². The first kappa shape index (κ1) is 18.8. The monoisotopic (exact) mass is 280 g/mol. The number of hydrogen-bond acceptors (Lipinski definition) is 6. The van der Waals surface area contributed by atoms with E-state index < -0.39 is 0 Å². The minimum absolute atomic E-state index is 0.0469. The van der Waals surface area contributed by atoms with Gasteiger partial charge >= 0.3 is 0 Å². The molecule has 6 heteroatoms. The number of methoxy groups -OCH3 is 1. The van der Waals surface area contributed by atoms with Crippen LogP contribution in [0.25, 0.3) is 0 Å². The summed E-state index contributed by atoms with van der Waals surface area (Å²) < 4.78 is 26.1. The minimum Gasteiger partial charge on any atom is -0.394 e. The van der Waals surface area contributed by atoms with Crippen LogP contribution in [0.4, 0.5) is 0 Å². The third-order valence-corrected chi connectivity index (χ3v) is 2.23. The number of rotatable bonds is 15. The van der Waals surface area contributed by atoms with Gasteiger partial charge in [0.1, 0.15) is 6.10 Å². The molecule has 0 heterocycles. The molecule has 0 aromatic rings. The SMILES string of the molecule is CCCOCCOCCOCCOC(CO)COC. The quantitative estimate of drug-likeness (QED) is 0.440. The Morgan fingerprint density at radius 1 is 0.842 bits per heavy atom. The van der Waals surface area contributed by atoms with Gasteiger partial charge in [0.15, 0.2) is 0 Å². The molecular weight excluding hydrogens is 252 g/mol. The summed E-state index contributed by atoms with van der Waals surface area (Å²) in [5.41, 5.74) is 0. The molecule has 0 spiro atoms. The highest BCUT2D eigenvalue weighted by Gasteiger charge is 2.06. The van der Waals surface area contributed by atoms with Crippen molar-refractivity contribution in [2.75, 3.05) is 66.6 Å². The van der Waals surface area contributed by atoms with E-state index in [-0.39, 0.29) is 12.7 Å². The highest BCUT2D eigenvalue weighted by molar-refractivity contribution is 4.52. The average molecular weight is 280 g/mol. The van der Waals surface area contributed by atoms with Gasteiger partial charge in [0.05, 0.1) is 52.9 Å². The zero-order chi connectivity index (χ0) is 14.2. The van der Waals surface area contributed by atoms with Crippen molar-refractivity contribution in [1.29, 1.82) is 0 Å². The van der Waals surface area contributed by atoms with Crippen LogP contribution in [-0.2, 0) is 23.7 Å². The van der Waals surface area contributed by atoms with Gasteiger partial charge in [-0.05, 0) is 6.42 Å². The fourth-order valence-corrected chi connectivity index (χ4v) is 1.30. The van der Waals surface area contributed by atoms with E-state index >= 15 is 0 Å². The molecule has 6 nitrogen and oxygen atoms in total. The van der Waals surface area contributed by atoms with Crippen LogP contribution >= 0.6 is 0 Å². The van der Waals surface area contributed by atoms with E-state index in [1.165, 1.54) is 0 Å². The molecule has 0 radical (unpaired) electrons. The first-order valence-corrected chi connectivity index (χ1v) is 6.79. The fraction of sp³-hybridized carbons (Fsp3) is 1.00. The second kappa shape index (κ2) is 15.8. The van der Waals surface area contributed by atoms with Crippen LogP contribution in [0.1, 0.15) is 13.3 Å². The maximum absolute atomic E-state index is 8.94. The summed E-state index contributed by atoms with van der Waals surface area (Å²) in [4.78, 5) is 0. The summed E-state index contributed by atoms with van der Waals surface area (Å²) in [5, 5.41) is 8.94. The van der Waals surface area contributed by atoms with E-state index in [9.17, 15) is 0 Å². The normalized spacial score (nSPS) is 12.8. The smallest absolute Gasteiger partial charge is 0.104 e. The van der Waals surface area contributed by atoms with Gasteiger partial charge in [-0.1, -0.05) is 6.92 Å². The number of ether oxygens (including phenoxy) is 5. The molecule has 1 N–H and O–H groups in total. The van der Waals surface area contributed by atoms with Crippen LogP contribution in [-0.4, -0.2) is 77.8 Å². The van der Waals surface area contributed by atoms with Gasteiger partial charge in [-0.2, -0.15) is 0 Å². The standard InChI is InChI=1S/C13H28O6/c1-3-4-16-5-6-17-7-8-18-9-10-19-13(11-14)12-15-2/h13-14H,3-12H2,1-2H3. The second-order valence-corrected chi connectivity index (χ2v) is 3.97. The maximum Gasteiger partial charge on any atom is 0.104 e. The summed E-state index contributed by atoms with van der Waals surface area (Å²) in [6, 6.07) is 0. The summed E-state index contributed by atoms with van der Waals surface area (Å²) in [5.74, 6) is 0. The summed E-state index contributed by atoms with van der Waals surface area (Å²) in [7, 11) is 1.57. The lowest BCUT2D eigenvalue weighted by Crippen LogP contribution is -2.25. The Labute approximate surface area is 115 Å². The van der Waals surface area contributed by atoms with Crippen LogP contribution in [0.15, 0.2) is 0 Å². The summed E-state index contributed by atoms with van der Waals surface area (Å²) in [6.45, 7) is 6.43. The van der Waals surface area contributed by atoms with Crippen molar-refractivity contribution in [1.82, 2.24) is 0 Å². The number of aliphatic hydroxyl groups is 1. The molecule has 1 atom stereocenters. The van der Waals surface area contributed by atoms with Crippen molar-refractivity contribution < 1.29 is 28.8 Å². The zero-order valence-corrected chi connectivity index (χ0v) is 12.1. The van der Waals surface area contributed by atoms with E-state index in [0.717, 1.165) is 13.0 Å². The molecule has 0 amide bonds. The van der Waals surface area contributed by atoms with Gasteiger partial charge in [-0.3, -0.25) is 0 Å². The van der Waals surface area contributed by atoms with Gasteiger partial charge < -0.3 is 28.8 Å². The molecule has 19 heavy (non-hydrogen) atoms. The molecule has 0 fully saturated rings. The Balaban J connectivity index is 3.09. The molecule has 0 aliphatic carbocycles. The topological polar surface area (TPSA) is 66.4 Å². The molecule has 0 aromatic heterocycles. The first-order chi connectivity index (χ1) is 9.35. The lowest BCUT2D eigenvalue weighted by molar-refractivity contribution is -0.0562. The van der Waals surface area contributed by atoms with Crippen molar-refractivity contribution >= 4 is 0 Å². The Bertz CT molecular complexity index is 167. The molecule has 0 saturated carbocycles. The van der Waals surface area contributed by atoms with Crippen molar-refractivity contribution in [2.45, 2.75) is 19.4 Å². The van der Waals surface area contributed by atoms with E-state index in [4.69, 9.17) is 28.8 Å². The van der Waals surface area contributed by atoms with Crippen molar-refractivity contribution in [2.24, 2.45) is 0 Å². The van der Waals surface area contributed by atoms with E-state index in [1.807, 2.05) is 0 Å². The molecule has 0 rings (SSSR count). The Morgan fingerprint density at radius 3 is 1.84 bits per heavy atom. The van der Waals surface area contributed by atoms with Crippen molar-refractivity contribution in [3.63, 3.8) is 0 Å². The minimum atomic E-state index is -0.277. The van der Waals surface area contributed by atoms with Crippen LogP contribution < -0.4 is 0 Å². The summed E-state index contributed by atoms with van der Waals surface area (Å²) >= 11 is 0. The maximum atomic E-state index is 8.94. The van der Waals surface area contributed by atoms with Gasteiger partial charge in [-0.25, -0.2) is 0 Å². The van der Waals surface area contributed by atoms with Crippen LogP contribution in [0.2, 0.25) is 0 Å². The predicted octanol–water partition coefficient (Wildman–Crippen LogP) is 0.470. The van der Waals surface area contributed by atoms with Crippen molar-refractivity contribution in [3.8, 4) is 0 Å². The second-order valence-electron chi connectivity index (χ2n) is 3.97. The fourth-order valence-electron chi connectivity index (χ4n) is 1.30. The molecular formula is C13H28O6. The molecule has 0 aliphatic rings. The van der Waals surface area contributed by atoms with Crippen LogP contribution in [0, 0.1) is 0 Å². The average Bonchev–Trinajstić information content (AvgIpc) is 2.43. The number of aliphatic hydroxyl groups excluding tert-OH is 1. The molecule has 1 unspecified atom stereocenters. The van der Waals surface area contributed by atoms with E-state index in [2.05, 4.69) is 6.92 Å². The Kier molecular flexibility index (Phi) is 15.6. The highest BCUT2D eigenvalue weighted by Crippen LogP contribution is 1.92. The molecule has 116 valence electrons. The van der Waals surface area contributed by atoms with Gasteiger partial charge in [0.25, 0.3) is 0 Å². The molecule has 0 aliphatic heterocycles. The Morgan fingerprint density at radius 2 is 1.37 bits per heavy atom. The van der Waals surface area contributed by atoms with E-state index in [0.29, 0.717) is 46.2 Å². The lowest BCUT2D eigenvalue weighted by atomic mass is 10.4. The third kappa shape index (κ3) is 14.0. The van der Waals surface area contributed by atoms with Crippen LogP contribution in [0.3, 0.4) is 0 Å².